The number of pyridine rings is 2. The van der Waals surface area contributed by atoms with Crippen molar-refractivity contribution in [2.75, 3.05) is 0 Å². The molecule has 136 valence electrons. The highest BCUT2D eigenvalue weighted by molar-refractivity contribution is 5.97. The molecule has 3 aromatic heterocycles. The molecule has 6 aromatic rings. The molecule has 0 amide bonds. The van der Waals surface area contributed by atoms with Crippen LogP contribution in [0.1, 0.15) is 0 Å². The van der Waals surface area contributed by atoms with Gasteiger partial charge >= 0.3 is 0 Å². The van der Waals surface area contributed by atoms with E-state index in [1.807, 2.05) is 34.8 Å². The summed E-state index contributed by atoms with van der Waals surface area (Å²) in [6, 6.07) is 33.4. The summed E-state index contributed by atoms with van der Waals surface area (Å²) in [5, 5.41) is 8.47. The number of nitrogens with zero attached hydrogens (tertiary/aromatic N) is 3. The van der Waals surface area contributed by atoms with E-state index < -0.39 is 0 Å². The lowest BCUT2D eigenvalue weighted by Crippen LogP contribution is -1.88. The summed E-state index contributed by atoms with van der Waals surface area (Å²) >= 11 is 0. The van der Waals surface area contributed by atoms with E-state index in [0.29, 0.717) is 0 Å². The number of rotatable bonds is 2. The Morgan fingerprint density at radius 1 is 0.621 bits per heavy atom. The molecule has 3 nitrogen and oxygen atoms in total. The zero-order chi connectivity index (χ0) is 19.2. The van der Waals surface area contributed by atoms with Gasteiger partial charge in [0.25, 0.3) is 0 Å². The molecule has 29 heavy (non-hydrogen) atoms. The molecule has 0 unspecified atom stereocenters. The summed E-state index contributed by atoms with van der Waals surface area (Å²) in [5.74, 6) is 0. The van der Waals surface area contributed by atoms with Crippen molar-refractivity contribution >= 4 is 27.2 Å². The van der Waals surface area contributed by atoms with Crippen LogP contribution >= 0.6 is 0 Å². The number of benzene rings is 3. The van der Waals surface area contributed by atoms with Crippen LogP contribution in [0.25, 0.3) is 49.7 Å². The van der Waals surface area contributed by atoms with Crippen LogP contribution in [0, 0.1) is 0 Å². The Bertz CT molecular complexity index is 1500. The quantitative estimate of drug-likeness (QED) is 0.354. The Morgan fingerprint density at radius 2 is 1.34 bits per heavy atom. The molecule has 0 atom stereocenters. The minimum atomic E-state index is 0.938. The average Bonchev–Trinajstić information content (AvgIpc) is 3.16. The lowest BCUT2D eigenvalue weighted by Gasteiger charge is -2.06. The summed E-state index contributed by atoms with van der Waals surface area (Å²) < 4.78 is 1.98. The molecule has 0 aliphatic heterocycles. The molecule has 6 rings (SSSR count). The highest BCUT2D eigenvalue weighted by Crippen LogP contribution is 2.36. The Morgan fingerprint density at radius 3 is 2.21 bits per heavy atom. The van der Waals surface area contributed by atoms with Crippen LogP contribution in [-0.4, -0.2) is 14.6 Å². The van der Waals surface area contributed by atoms with Crippen molar-refractivity contribution in [1.29, 1.82) is 0 Å². The van der Waals surface area contributed by atoms with Gasteiger partial charge in [0.15, 0.2) is 0 Å². The smallest absolute Gasteiger partial charge is 0.103 e. The van der Waals surface area contributed by atoms with Gasteiger partial charge in [0.05, 0.1) is 22.3 Å². The monoisotopic (exact) mass is 371 g/mol. The third kappa shape index (κ3) is 2.59. The maximum absolute atomic E-state index is 4.98. The first-order chi connectivity index (χ1) is 14.4. The fourth-order valence-electron chi connectivity index (χ4n) is 3.98. The maximum Gasteiger partial charge on any atom is 0.103 e. The van der Waals surface area contributed by atoms with Gasteiger partial charge in [0.1, 0.15) is 5.69 Å². The Balaban J connectivity index is 1.72. The molecule has 0 spiro atoms. The molecule has 0 bridgehead atoms. The van der Waals surface area contributed by atoms with Gasteiger partial charge in [-0.25, -0.2) is 9.50 Å². The highest BCUT2D eigenvalue weighted by Gasteiger charge is 2.18. The minimum Gasteiger partial charge on any atom is -0.248 e. The first kappa shape index (κ1) is 16.0. The number of aromatic nitrogens is 3. The van der Waals surface area contributed by atoms with E-state index >= 15 is 0 Å². The second kappa shape index (κ2) is 6.28. The maximum atomic E-state index is 4.98. The van der Waals surface area contributed by atoms with Gasteiger partial charge in [-0.15, -0.1) is 0 Å². The fraction of sp³-hybridized carbons (Fsp3) is 0. The van der Waals surface area contributed by atoms with E-state index in [1.165, 1.54) is 10.8 Å². The van der Waals surface area contributed by atoms with Crippen LogP contribution in [0.5, 0.6) is 0 Å². The summed E-state index contributed by atoms with van der Waals surface area (Å²) in [7, 11) is 0. The van der Waals surface area contributed by atoms with E-state index in [1.54, 1.807) is 0 Å². The zero-order valence-corrected chi connectivity index (χ0v) is 15.7. The predicted octanol–water partition coefficient (Wildman–Crippen LogP) is 6.37. The van der Waals surface area contributed by atoms with Gasteiger partial charge in [0, 0.05) is 22.5 Å². The van der Waals surface area contributed by atoms with Crippen LogP contribution < -0.4 is 0 Å². The second-order valence-electron chi connectivity index (χ2n) is 7.21. The van der Waals surface area contributed by atoms with Crippen molar-refractivity contribution < 1.29 is 0 Å². The first-order valence-corrected chi connectivity index (χ1v) is 9.69. The van der Waals surface area contributed by atoms with Crippen LogP contribution in [-0.2, 0) is 0 Å². The molecule has 3 heterocycles. The molecule has 0 fully saturated rings. The molecular weight excluding hydrogens is 354 g/mol. The van der Waals surface area contributed by atoms with E-state index in [0.717, 1.165) is 38.9 Å². The van der Waals surface area contributed by atoms with Gasteiger partial charge in [-0.1, -0.05) is 78.9 Å². The topological polar surface area (TPSA) is 30.2 Å². The van der Waals surface area contributed by atoms with Gasteiger partial charge in [-0.05, 0) is 23.6 Å². The molecule has 3 aromatic carbocycles. The Labute approximate surface area is 167 Å². The van der Waals surface area contributed by atoms with Crippen molar-refractivity contribution in [3.63, 3.8) is 0 Å². The van der Waals surface area contributed by atoms with Gasteiger partial charge in [0.2, 0.25) is 0 Å². The van der Waals surface area contributed by atoms with E-state index in [4.69, 9.17) is 10.1 Å². The lowest BCUT2D eigenvalue weighted by molar-refractivity contribution is 0.974. The van der Waals surface area contributed by atoms with Crippen molar-refractivity contribution in [2.45, 2.75) is 0 Å². The standard InChI is InChI=1S/C26H17N3/c1-2-9-19(10-3-1)26-25(23-15-14-18-8-6-7-13-22(18)27-23)24-16-20-11-4-5-12-21(20)17-29(24)28-26/h1-17H. The first-order valence-electron chi connectivity index (χ1n) is 9.69. The van der Waals surface area contributed by atoms with Crippen molar-refractivity contribution in [3.8, 4) is 22.5 Å². The summed E-state index contributed by atoms with van der Waals surface area (Å²) in [5.41, 5.74) is 6.09. The number of fused-ring (bicyclic) bond motifs is 3. The third-order valence-electron chi connectivity index (χ3n) is 5.40. The van der Waals surface area contributed by atoms with Gasteiger partial charge in [-0.2, -0.15) is 5.10 Å². The van der Waals surface area contributed by atoms with Crippen molar-refractivity contribution in [1.82, 2.24) is 14.6 Å². The van der Waals surface area contributed by atoms with Gasteiger partial charge in [-0.3, -0.25) is 0 Å². The van der Waals surface area contributed by atoms with Crippen LogP contribution in [0.4, 0.5) is 0 Å². The molecule has 0 saturated carbocycles. The molecular formula is C26H17N3. The normalized spacial score (nSPS) is 11.4. The second-order valence-corrected chi connectivity index (χ2v) is 7.21. The molecule has 0 radical (unpaired) electrons. The van der Waals surface area contributed by atoms with E-state index in [9.17, 15) is 0 Å². The summed E-state index contributed by atoms with van der Waals surface area (Å²) in [6.45, 7) is 0. The van der Waals surface area contributed by atoms with Crippen molar-refractivity contribution in [2.24, 2.45) is 0 Å². The molecule has 0 N–H and O–H groups in total. The zero-order valence-electron chi connectivity index (χ0n) is 15.7. The van der Waals surface area contributed by atoms with Crippen LogP contribution in [0.2, 0.25) is 0 Å². The minimum absolute atomic E-state index is 0.938. The highest BCUT2D eigenvalue weighted by atomic mass is 15.2. The van der Waals surface area contributed by atoms with Crippen molar-refractivity contribution in [3.05, 3.63) is 103 Å². The van der Waals surface area contributed by atoms with Crippen LogP contribution in [0.15, 0.2) is 103 Å². The Kier molecular flexibility index (Phi) is 3.47. The summed E-state index contributed by atoms with van der Waals surface area (Å²) in [4.78, 5) is 4.98. The number of para-hydroxylation sites is 1. The van der Waals surface area contributed by atoms with Crippen LogP contribution in [0.3, 0.4) is 0 Å². The van der Waals surface area contributed by atoms with Gasteiger partial charge < -0.3 is 0 Å². The largest absolute Gasteiger partial charge is 0.248 e. The molecule has 0 saturated heterocycles. The summed E-state index contributed by atoms with van der Waals surface area (Å²) in [6.07, 6.45) is 2.10. The average molecular weight is 371 g/mol. The lowest BCUT2D eigenvalue weighted by atomic mass is 10.0. The number of hydrogen-bond acceptors (Lipinski definition) is 2. The Hall–Kier alpha value is -3.98. The fourth-order valence-corrected chi connectivity index (χ4v) is 3.98. The SMILES string of the molecule is c1ccc(-c2nn3cc4ccccc4cc3c2-c2ccc3ccccc3n2)cc1. The van der Waals surface area contributed by atoms with E-state index in [2.05, 4.69) is 72.9 Å². The molecule has 3 heteroatoms. The predicted molar refractivity (Wildman–Crippen MR) is 119 cm³/mol. The third-order valence-corrected chi connectivity index (χ3v) is 5.40. The van der Waals surface area contributed by atoms with E-state index in [-0.39, 0.29) is 0 Å². The molecule has 0 aliphatic rings. The number of hydrogen-bond donors (Lipinski definition) is 0. The molecule has 0 aliphatic carbocycles.